The van der Waals surface area contributed by atoms with Gasteiger partial charge in [0.15, 0.2) is 10.7 Å². The molecule has 2 aromatic carbocycles. The van der Waals surface area contributed by atoms with E-state index in [1.807, 2.05) is 24.3 Å². The molecule has 0 saturated carbocycles. The number of ether oxygens (including phenoxy) is 1. The van der Waals surface area contributed by atoms with Gasteiger partial charge in [0, 0.05) is 36.2 Å². The summed E-state index contributed by atoms with van der Waals surface area (Å²) in [5.74, 6) is 0.403. The van der Waals surface area contributed by atoms with Crippen LogP contribution in [0.4, 0.5) is 17.2 Å². The summed E-state index contributed by atoms with van der Waals surface area (Å²) in [6.45, 7) is 3.13. The van der Waals surface area contributed by atoms with Crippen LogP contribution >= 0.6 is 0 Å². The highest BCUT2D eigenvalue weighted by atomic mass is 32.2. The van der Waals surface area contributed by atoms with E-state index in [0.717, 1.165) is 24.5 Å². The van der Waals surface area contributed by atoms with Crippen molar-refractivity contribution in [2.45, 2.75) is 4.90 Å². The number of fused-ring (bicyclic) bond motifs is 1. The molecule has 9 heteroatoms. The maximum absolute atomic E-state index is 12.6. The molecule has 0 unspecified atom stereocenters. The Bertz CT molecular complexity index is 1430. The zero-order valence-electron chi connectivity index (χ0n) is 17.7. The molecule has 33 heavy (non-hydrogen) atoms. The first-order valence-corrected chi connectivity index (χ1v) is 11.7. The molecule has 0 bridgehead atoms. The van der Waals surface area contributed by atoms with Gasteiger partial charge < -0.3 is 19.9 Å². The Labute approximate surface area is 191 Å². The van der Waals surface area contributed by atoms with Crippen molar-refractivity contribution in [3.63, 3.8) is 0 Å². The first kappa shape index (κ1) is 21.2. The van der Waals surface area contributed by atoms with Gasteiger partial charge in [0.25, 0.3) is 5.56 Å². The van der Waals surface area contributed by atoms with E-state index < -0.39 is 10.7 Å². The Morgan fingerprint density at radius 2 is 1.79 bits per heavy atom. The molecule has 0 amide bonds. The number of hydrogen-bond acceptors (Lipinski definition) is 7. The Balaban J connectivity index is 1.54. The second-order valence-electron chi connectivity index (χ2n) is 7.71. The molecule has 0 spiro atoms. The lowest BCUT2D eigenvalue weighted by Gasteiger charge is -2.28. The summed E-state index contributed by atoms with van der Waals surface area (Å²) >= 11 is 0. The van der Waals surface area contributed by atoms with Crippen LogP contribution in [-0.4, -0.2) is 44.7 Å². The van der Waals surface area contributed by atoms with Crippen LogP contribution in [0.25, 0.3) is 22.0 Å². The first-order chi connectivity index (χ1) is 16.1. The molecule has 5 rings (SSSR count). The van der Waals surface area contributed by atoms with Crippen LogP contribution in [0.3, 0.4) is 0 Å². The summed E-state index contributed by atoms with van der Waals surface area (Å²) in [5, 5.41) is 4.41. The van der Waals surface area contributed by atoms with Crippen LogP contribution in [-0.2, 0) is 15.4 Å². The van der Waals surface area contributed by atoms with Crippen molar-refractivity contribution in [2.24, 2.45) is 0 Å². The lowest BCUT2D eigenvalue weighted by atomic mass is 10.1. The first-order valence-electron chi connectivity index (χ1n) is 10.6. The molecule has 0 atom stereocenters. The third-order valence-corrected chi connectivity index (χ3v) is 6.31. The Hall–Kier alpha value is -3.69. The summed E-state index contributed by atoms with van der Waals surface area (Å²) < 4.78 is 28.3. The van der Waals surface area contributed by atoms with Gasteiger partial charge in [-0.3, -0.25) is 4.79 Å². The van der Waals surface area contributed by atoms with Crippen LogP contribution < -0.4 is 15.8 Å². The summed E-state index contributed by atoms with van der Waals surface area (Å²) in [6, 6.07) is 18.1. The van der Waals surface area contributed by atoms with Crippen LogP contribution in [0.15, 0.2) is 76.6 Å². The van der Waals surface area contributed by atoms with Gasteiger partial charge in [-0.1, -0.05) is 12.1 Å². The molecule has 0 radical (unpaired) electrons. The SMILES string of the molecule is O=c1[nH]ccc2cc(-c3cccc([SH](=O)=O)c3)nc(Nc3ccc(N4CCOCC4)cc3)c12. The molecular weight excluding hydrogens is 440 g/mol. The van der Waals surface area contributed by atoms with Gasteiger partial charge in [-0.2, -0.15) is 0 Å². The number of anilines is 3. The third-order valence-electron chi connectivity index (χ3n) is 5.61. The molecule has 0 aliphatic carbocycles. The Kier molecular flexibility index (Phi) is 5.80. The van der Waals surface area contributed by atoms with Crippen molar-refractivity contribution in [1.29, 1.82) is 0 Å². The van der Waals surface area contributed by atoms with Crippen molar-refractivity contribution in [3.8, 4) is 11.3 Å². The molecule has 1 aliphatic rings. The minimum atomic E-state index is -2.71. The quantitative estimate of drug-likeness (QED) is 0.392. The molecule has 168 valence electrons. The van der Waals surface area contributed by atoms with E-state index >= 15 is 0 Å². The molecule has 1 saturated heterocycles. The predicted molar refractivity (Wildman–Crippen MR) is 129 cm³/mol. The largest absolute Gasteiger partial charge is 0.378 e. The topological polar surface area (TPSA) is 104 Å². The van der Waals surface area contributed by atoms with E-state index in [0.29, 0.717) is 41.1 Å². The van der Waals surface area contributed by atoms with Crippen molar-refractivity contribution in [2.75, 3.05) is 36.5 Å². The van der Waals surface area contributed by atoms with E-state index in [1.54, 1.807) is 36.5 Å². The van der Waals surface area contributed by atoms with E-state index in [-0.39, 0.29) is 10.5 Å². The minimum Gasteiger partial charge on any atom is -0.378 e. The average molecular weight is 463 g/mol. The van der Waals surface area contributed by atoms with Gasteiger partial charge in [-0.25, -0.2) is 13.4 Å². The summed E-state index contributed by atoms with van der Waals surface area (Å²) in [7, 11) is -2.71. The summed E-state index contributed by atoms with van der Waals surface area (Å²) in [4.78, 5) is 22.5. The molecule has 1 fully saturated rings. The molecule has 8 nitrogen and oxygen atoms in total. The zero-order valence-corrected chi connectivity index (χ0v) is 18.5. The fourth-order valence-corrected chi connectivity index (χ4v) is 4.40. The lowest BCUT2D eigenvalue weighted by molar-refractivity contribution is 0.122. The highest BCUT2D eigenvalue weighted by molar-refractivity contribution is 7.72. The fourth-order valence-electron chi connectivity index (χ4n) is 3.95. The van der Waals surface area contributed by atoms with E-state index in [9.17, 15) is 13.2 Å². The number of aromatic nitrogens is 2. The number of aromatic amines is 1. The monoisotopic (exact) mass is 462 g/mol. The number of nitrogens with one attached hydrogen (secondary N) is 2. The summed E-state index contributed by atoms with van der Waals surface area (Å²) in [5.41, 5.74) is 2.86. The fraction of sp³-hybridized carbons (Fsp3) is 0.167. The van der Waals surface area contributed by atoms with E-state index in [4.69, 9.17) is 4.74 Å². The normalized spacial score (nSPS) is 14.0. The van der Waals surface area contributed by atoms with Gasteiger partial charge in [-0.05, 0) is 53.9 Å². The smallest absolute Gasteiger partial charge is 0.259 e. The van der Waals surface area contributed by atoms with Gasteiger partial charge >= 0.3 is 0 Å². The molecular formula is C24H22N4O4S. The van der Waals surface area contributed by atoms with Crippen molar-refractivity contribution >= 4 is 38.7 Å². The standard InChI is InChI=1S/C24H22N4O4S/c29-24-22-17(8-9-25-24)15-21(16-2-1-3-20(14-16)33(30)31)27-23(22)26-18-4-6-19(7-5-18)28-10-12-32-13-11-28/h1-9,14-15,33H,10-13H2,(H,25,29)(H,26,27). The minimum absolute atomic E-state index is 0.212. The van der Waals surface area contributed by atoms with Gasteiger partial charge in [0.1, 0.15) is 5.82 Å². The number of H-pyrrole nitrogens is 1. The number of benzene rings is 2. The Morgan fingerprint density at radius 1 is 1.00 bits per heavy atom. The molecule has 2 aromatic heterocycles. The maximum Gasteiger partial charge on any atom is 0.259 e. The number of thiol groups is 1. The van der Waals surface area contributed by atoms with Crippen LogP contribution in [0.5, 0.6) is 0 Å². The summed E-state index contributed by atoms with van der Waals surface area (Å²) in [6.07, 6.45) is 1.58. The molecule has 4 aromatic rings. The average Bonchev–Trinajstić information content (AvgIpc) is 2.85. The molecule has 1 aliphatic heterocycles. The predicted octanol–water partition coefficient (Wildman–Crippen LogP) is 3.14. The van der Waals surface area contributed by atoms with Crippen LogP contribution in [0, 0.1) is 0 Å². The van der Waals surface area contributed by atoms with Crippen molar-refractivity contribution in [1.82, 2.24) is 9.97 Å². The highest BCUT2D eigenvalue weighted by Gasteiger charge is 2.14. The molecule has 2 N–H and O–H groups in total. The number of hydrogen-bond donors (Lipinski definition) is 3. The van der Waals surface area contributed by atoms with E-state index in [2.05, 4.69) is 20.2 Å². The van der Waals surface area contributed by atoms with Gasteiger partial charge in [-0.15, -0.1) is 0 Å². The highest BCUT2D eigenvalue weighted by Crippen LogP contribution is 2.29. The second kappa shape index (κ2) is 9.05. The Morgan fingerprint density at radius 3 is 2.55 bits per heavy atom. The van der Waals surface area contributed by atoms with Crippen LogP contribution in [0.1, 0.15) is 0 Å². The van der Waals surface area contributed by atoms with Crippen molar-refractivity contribution < 1.29 is 13.2 Å². The number of rotatable bonds is 5. The van der Waals surface area contributed by atoms with E-state index in [1.165, 1.54) is 6.07 Å². The van der Waals surface area contributed by atoms with Crippen LogP contribution in [0.2, 0.25) is 0 Å². The third kappa shape index (κ3) is 4.46. The lowest BCUT2D eigenvalue weighted by Crippen LogP contribution is -2.36. The molecule has 3 heterocycles. The zero-order chi connectivity index (χ0) is 22.8. The number of morpholine rings is 1. The van der Waals surface area contributed by atoms with Crippen molar-refractivity contribution in [3.05, 3.63) is 77.2 Å². The van der Waals surface area contributed by atoms with Gasteiger partial charge in [0.2, 0.25) is 0 Å². The number of pyridine rings is 2. The second-order valence-corrected chi connectivity index (χ2v) is 8.74. The maximum atomic E-state index is 12.6. The van der Waals surface area contributed by atoms with Gasteiger partial charge in [0.05, 0.1) is 29.2 Å². The number of nitrogens with zero attached hydrogens (tertiary/aromatic N) is 2.